The second-order valence-electron chi connectivity index (χ2n) is 5.94. The standard InChI is InChI=1S/C19H33NO/c1-6-8-10-12-14-17(3)19(4,16-18(20)21-5)15-13-11-9-7-2/h6,8,10,12,14,20H,7,9,11,13,15-16H2,1-5H3/b8-6-,12-10-,17-14+,20-18?. The van der Waals surface area contributed by atoms with Crippen LogP contribution in [-0.2, 0) is 4.74 Å². The highest BCUT2D eigenvalue weighted by Gasteiger charge is 2.27. The second-order valence-corrected chi connectivity index (χ2v) is 5.94. The summed E-state index contributed by atoms with van der Waals surface area (Å²) in [6, 6.07) is 0. The van der Waals surface area contributed by atoms with E-state index in [0.717, 1.165) is 6.42 Å². The number of ether oxygens (including phenoxy) is 1. The number of nitrogens with one attached hydrogen (secondary N) is 1. The highest BCUT2D eigenvalue weighted by molar-refractivity contribution is 5.73. The average Bonchev–Trinajstić information content (AvgIpc) is 2.47. The van der Waals surface area contributed by atoms with Crippen molar-refractivity contribution in [3.8, 4) is 0 Å². The van der Waals surface area contributed by atoms with Crippen LogP contribution in [0.5, 0.6) is 0 Å². The molecule has 0 heterocycles. The normalized spacial score (nSPS) is 15.6. The van der Waals surface area contributed by atoms with Crippen molar-refractivity contribution in [1.82, 2.24) is 0 Å². The molecule has 0 saturated carbocycles. The van der Waals surface area contributed by atoms with Crippen LogP contribution in [0.4, 0.5) is 0 Å². The first-order chi connectivity index (χ1) is 10.00. The average molecular weight is 291 g/mol. The van der Waals surface area contributed by atoms with Gasteiger partial charge in [0, 0.05) is 6.42 Å². The van der Waals surface area contributed by atoms with Gasteiger partial charge in [-0.25, -0.2) is 0 Å². The van der Waals surface area contributed by atoms with E-state index in [1.165, 1.54) is 31.3 Å². The first kappa shape index (κ1) is 19.7. The minimum absolute atomic E-state index is 0.0150. The Morgan fingerprint density at radius 1 is 1.14 bits per heavy atom. The lowest BCUT2D eigenvalue weighted by molar-refractivity contribution is 0.311. The van der Waals surface area contributed by atoms with Crippen LogP contribution >= 0.6 is 0 Å². The van der Waals surface area contributed by atoms with Crippen molar-refractivity contribution in [1.29, 1.82) is 5.41 Å². The van der Waals surface area contributed by atoms with Gasteiger partial charge in [0.25, 0.3) is 0 Å². The molecule has 0 aromatic heterocycles. The van der Waals surface area contributed by atoms with E-state index in [4.69, 9.17) is 10.1 Å². The fourth-order valence-corrected chi connectivity index (χ4v) is 2.37. The maximum absolute atomic E-state index is 7.87. The fourth-order valence-electron chi connectivity index (χ4n) is 2.37. The lowest BCUT2D eigenvalue weighted by atomic mass is 9.75. The summed E-state index contributed by atoms with van der Waals surface area (Å²) in [6.07, 6.45) is 17.2. The molecule has 0 radical (unpaired) electrons. The van der Waals surface area contributed by atoms with Gasteiger partial charge in [0.15, 0.2) is 5.90 Å². The van der Waals surface area contributed by atoms with Crippen molar-refractivity contribution >= 4 is 5.90 Å². The smallest absolute Gasteiger partial charge is 0.180 e. The molecule has 0 bridgehead atoms. The third-order valence-corrected chi connectivity index (χ3v) is 4.09. The molecule has 21 heavy (non-hydrogen) atoms. The predicted octanol–water partition coefficient (Wildman–Crippen LogP) is 6.06. The van der Waals surface area contributed by atoms with E-state index in [1.54, 1.807) is 7.11 Å². The fraction of sp³-hybridized carbons (Fsp3) is 0.632. The Morgan fingerprint density at radius 2 is 1.86 bits per heavy atom. The monoisotopic (exact) mass is 291 g/mol. The maximum atomic E-state index is 7.87. The third-order valence-electron chi connectivity index (χ3n) is 4.09. The molecule has 1 unspecified atom stereocenters. The molecule has 0 spiro atoms. The Balaban J connectivity index is 4.87. The molecule has 2 nitrogen and oxygen atoms in total. The lowest BCUT2D eigenvalue weighted by Gasteiger charge is -2.31. The topological polar surface area (TPSA) is 33.1 Å². The van der Waals surface area contributed by atoms with Crippen molar-refractivity contribution in [2.75, 3.05) is 7.11 Å². The molecule has 0 aliphatic carbocycles. The number of rotatable bonds is 10. The van der Waals surface area contributed by atoms with E-state index >= 15 is 0 Å². The van der Waals surface area contributed by atoms with Crippen molar-refractivity contribution in [3.63, 3.8) is 0 Å². The van der Waals surface area contributed by atoms with Gasteiger partial charge in [-0.1, -0.05) is 75.5 Å². The first-order valence-corrected chi connectivity index (χ1v) is 8.08. The molecule has 0 aliphatic heterocycles. The van der Waals surface area contributed by atoms with E-state index in [1.807, 2.05) is 25.2 Å². The predicted molar refractivity (Wildman–Crippen MR) is 93.9 cm³/mol. The van der Waals surface area contributed by atoms with E-state index < -0.39 is 0 Å². The van der Waals surface area contributed by atoms with Gasteiger partial charge >= 0.3 is 0 Å². The largest absolute Gasteiger partial charge is 0.484 e. The van der Waals surface area contributed by atoms with Gasteiger partial charge in [-0.15, -0.1) is 0 Å². The summed E-state index contributed by atoms with van der Waals surface area (Å²) in [7, 11) is 1.59. The molecule has 0 amide bonds. The molecule has 0 saturated heterocycles. The Morgan fingerprint density at radius 3 is 2.43 bits per heavy atom. The third kappa shape index (κ3) is 8.54. The zero-order chi connectivity index (χ0) is 16.1. The van der Waals surface area contributed by atoms with Crippen LogP contribution in [0.3, 0.4) is 0 Å². The van der Waals surface area contributed by atoms with Crippen LogP contribution in [0.15, 0.2) is 36.0 Å². The number of hydrogen-bond donors (Lipinski definition) is 1. The van der Waals surface area contributed by atoms with Crippen LogP contribution in [0.2, 0.25) is 0 Å². The number of unbranched alkanes of at least 4 members (excludes halogenated alkanes) is 3. The van der Waals surface area contributed by atoms with E-state index in [9.17, 15) is 0 Å². The molecule has 120 valence electrons. The van der Waals surface area contributed by atoms with Crippen LogP contribution in [-0.4, -0.2) is 13.0 Å². The van der Waals surface area contributed by atoms with Crippen molar-refractivity contribution in [2.45, 2.75) is 66.2 Å². The molecule has 0 aromatic carbocycles. The maximum Gasteiger partial charge on any atom is 0.180 e. The molecular formula is C19H33NO. The minimum Gasteiger partial charge on any atom is -0.484 e. The zero-order valence-corrected chi connectivity index (χ0v) is 14.5. The van der Waals surface area contributed by atoms with Crippen molar-refractivity contribution in [3.05, 3.63) is 36.0 Å². The van der Waals surface area contributed by atoms with Gasteiger partial charge in [-0.05, 0) is 25.7 Å². The Hall–Kier alpha value is -1.31. The molecule has 0 aliphatic rings. The van der Waals surface area contributed by atoms with Crippen molar-refractivity contribution < 1.29 is 4.74 Å². The van der Waals surface area contributed by atoms with Gasteiger partial charge in [0.2, 0.25) is 0 Å². The molecule has 1 atom stereocenters. The van der Waals surface area contributed by atoms with Gasteiger partial charge in [0.05, 0.1) is 7.11 Å². The van der Waals surface area contributed by atoms with Crippen LogP contribution < -0.4 is 0 Å². The molecule has 0 rings (SSSR count). The van der Waals surface area contributed by atoms with Gasteiger partial charge in [-0.2, -0.15) is 0 Å². The summed E-state index contributed by atoms with van der Waals surface area (Å²) in [5.74, 6) is 0.373. The highest BCUT2D eigenvalue weighted by Crippen LogP contribution is 2.37. The molecular weight excluding hydrogens is 258 g/mol. The summed E-state index contributed by atoms with van der Waals surface area (Å²) < 4.78 is 5.09. The molecule has 2 heteroatoms. The Kier molecular flexibility index (Phi) is 10.7. The van der Waals surface area contributed by atoms with Crippen molar-refractivity contribution in [2.24, 2.45) is 5.41 Å². The van der Waals surface area contributed by atoms with Gasteiger partial charge in [-0.3, -0.25) is 5.41 Å². The molecule has 0 fully saturated rings. The summed E-state index contributed by atoms with van der Waals surface area (Å²) in [4.78, 5) is 0. The van der Waals surface area contributed by atoms with Crippen LogP contribution in [0.25, 0.3) is 0 Å². The number of hydrogen-bond acceptors (Lipinski definition) is 2. The zero-order valence-electron chi connectivity index (χ0n) is 14.5. The second kappa shape index (κ2) is 11.4. The van der Waals surface area contributed by atoms with Crippen LogP contribution in [0.1, 0.15) is 66.2 Å². The Bertz CT molecular complexity index is 379. The van der Waals surface area contributed by atoms with Gasteiger partial charge < -0.3 is 4.74 Å². The van der Waals surface area contributed by atoms with E-state index in [0.29, 0.717) is 12.3 Å². The molecule has 0 aromatic rings. The summed E-state index contributed by atoms with van der Waals surface area (Å²) >= 11 is 0. The Labute approximate surface area is 131 Å². The minimum atomic E-state index is 0.0150. The van der Waals surface area contributed by atoms with Crippen LogP contribution in [0, 0.1) is 10.8 Å². The highest BCUT2D eigenvalue weighted by atomic mass is 16.5. The summed E-state index contributed by atoms with van der Waals surface area (Å²) in [5.41, 5.74) is 1.34. The number of methoxy groups -OCH3 is 1. The summed E-state index contributed by atoms with van der Waals surface area (Å²) in [6.45, 7) is 8.67. The van der Waals surface area contributed by atoms with E-state index in [2.05, 4.69) is 32.9 Å². The van der Waals surface area contributed by atoms with Gasteiger partial charge in [0.1, 0.15) is 0 Å². The van der Waals surface area contributed by atoms with E-state index in [-0.39, 0.29) is 5.41 Å². The first-order valence-electron chi connectivity index (χ1n) is 8.08. The lowest BCUT2D eigenvalue weighted by Crippen LogP contribution is -2.23. The quantitative estimate of drug-likeness (QED) is 0.226. The summed E-state index contributed by atoms with van der Waals surface area (Å²) in [5, 5.41) is 7.87. The molecule has 1 N–H and O–H groups in total. The number of allylic oxidation sites excluding steroid dienone is 6. The SMILES string of the molecule is C\C=C/C=C\C=C(/C)C(C)(CCCCCC)CC(=N)OC.